The van der Waals surface area contributed by atoms with Crippen LogP contribution in [0.25, 0.3) is 0 Å². The molecule has 66 valence electrons. The Hall–Kier alpha value is -0.0400. The van der Waals surface area contributed by atoms with Crippen molar-refractivity contribution >= 4 is 0 Å². The summed E-state index contributed by atoms with van der Waals surface area (Å²) in [5.41, 5.74) is 0.565. The standard InChI is InChI=1S/C10H20O/c1-3-10(9-11-4-2)7-5-6-8-10/h3-9H2,1-2H3. The number of ether oxygens (including phenoxy) is 1. The molecule has 0 unspecified atom stereocenters. The molecule has 0 aromatic rings. The maximum Gasteiger partial charge on any atom is 0.0522 e. The quantitative estimate of drug-likeness (QED) is 0.608. The molecule has 0 aromatic heterocycles. The van der Waals surface area contributed by atoms with Gasteiger partial charge >= 0.3 is 0 Å². The van der Waals surface area contributed by atoms with Crippen molar-refractivity contribution in [2.45, 2.75) is 46.0 Å². The first-order valence-corrected chi connectivity index (χ1v) is 4.91. The molecule has 0 spiro atoms. The molecule has 0 atom stereocenters. The van der Waals surface area contributed by atoms with Gasteiger partial charge in [-0.05, 0) is 31.6 Å². The molecule has 1 aliphatic rings. The highest BCUT2D eigenvalue weighted by atomic mass is 16.5. The number of hydrogen-bond donors (Lipinski definition) is 0. The van der Waals surface area contributed by atoms with Crippen molar-refractivity contribution in [1.29, 1.82) is 0 Å². The van der Waals surface area contributed by atoms with E-state index in [0.717, 1.165) is 13.2 Å². The van der Waals surface area contributed by atoms with E-state index < -0.39 is 0 Å². The Kier molecular flexibility index (Phi) is 3.38. The second kappa shape index (κ2) is 4.10. The minimum atomic E-state index is 0.565. The van der Waals surface area contributed by atoms with E-state index in [9.17, 15) is 0 Å². The van der Waals surface area contributed by atoms with Crippen LogP contribution >= 0.6 is 0 Å². The largest absolute Gasteiger partial charge is 0.381 e. The summed E-state index contributed by atoms with van der Waals surface area (Å²) in [6.45, 7) is 6.25. The molecule has 11 heavy (non-hydrogen) atoms. The molecule has 0 aliphatic heterocycles. The summed E-state index contributed by atoms with van der Waals surface area (Å²) in [6, 6.07) is 0. The Morgan fingerprint density at radius 2 is 1.82 bits per heavy atom. The zero-order chi connectivity index (χ0) is 8.16. The van der Waals surface area contributed by atoms with Crippen LogP contribution in [0.2, 0.25) is 0 Å². The van der Waals surface area contributed by atoms with Crippen LogP contribution in [-0.2, 0) is 4.74 Å². The third-order valence-corrected chi connectivity index (χ3v) is 3.03. The van der Waals surface area contributed by atoms with E-state index in [4.69, 9.17) is 4.74 Å². The van der Waals surface area contributed by atoms with Gasteiger partial charge < -0.3 is 4.74 Å². The van der Waals surface area contributed by atoms with Gasteiger partial charge in [0.15, 0.2) is 0 Å². The van der Waals surface area contributed by atoms with Gasteiger partial charge in [-0.15, -0.1) is 0 Å². The Bertz CT molecular complexity index is 103. The summed E-state index contributed by atoms with van der Waals surface area (Å²) in [5, 5.41) is 0. The molecule has 0 heterocycles. The van der Waals surface area contributed by atoms with Gasteiger partial charge in [0.05, 0.1) is 6.61 Å². The maximum absolute atomic E-state index is 5.51. The van der Waals surface area contributed by atoms with Gasteiger partial charge in [0.2, 0.25) is 0 Å². The van der Waals surface area contributed by atoms with E-state index in [1.165, 1.54) is 32.1 Å². The molecule has 0 radical (unpaired) electrons. The molecular weight excluding hydrogens is 136 g/mol. The number of rotatable bonds is 4. The first kappa shape index (κ1) is 9.05. The van der Waals surface area contributed by atoms with Gasteiger partial charge in [0.1, 0.15) is 0 Å². The lowest BCUT2D eigenvalue weighted by Crippen LogP contribution is -2.22. The minimum absolute atomic E-state index is 0.565. The molecule has 1 aliphatic carbocycles. The highest BCUT2D eigenvalue weighted by Crippen LogP contribution is 2.40. The normalized spacial score (nSPS) is 22.4. The SMILES string of the molecule is CCOCC1(CC)CCCC1. The van der Waals surface area contributed by atoms with Crippen LogP contribution in [0.3, 0.4) is 0 Å². The van der Waals surface area contributed by atoms with Crippen LogP contribution in [0.5, 0.6) is 0 Å². The lowest BCUT2D eigenvalue weighted by Gasteiger charge is -2.26. The second-order valence-electron chi connectivity index (χ2n) is 3.70. The molecule has 0 N–H and O–H groups in total. The first-order valence-electron chi connectivity index (χ1n) is 4.91. The van der Waals surface area contributed by atoms with Crippen LogP contribution in [0.1, 0.15) is 46.0 Å². The van der Waals surface area contributed by atoms with Gasteiger partial charge in [-0.2, -0.15) is 0 Å². The molecule has 1 heteroatoms. The highest BCUT2D eigenvalue weighted by Gasteiger charge is 2.31. The molecule has 1 nitrogen and oxygen atoms in total. The van der Waals surface area contributed by atoms with Crippen LogP contribution in [0.4, 0.5) is 0 Å². The highest BCUT2D eigenvalue weighted by molar-refractivity contribution is 4.82. The van der Waals surface area contributed by atoms with Crippen molar-refractivity contribution in [1.82, 2.24) is 0 Å². The van der Waals surface area contributed by atoms with Crippen molar-refractivity contribution in [3.8, 4) is 0 Å². The molecule has 0 amide bonds. The average molecular weight is 156 g/mol. The van der Waals surface area contributed by atoms with E-state index in [-0.39, 0.29) is 0 Å². The van der Waals surface area contributed by atoms with Crippen LogP contribution < -0.4 is 0 Å². The average Bonchev–Trinajstić information content (AvgIpc) is 2.50. The minimum Gasteiger partial charge on any atom is -0.381 e. The summed E-state index contributed by atoms with van der Waals surface area (Å²) in [6.07, 6.45) is 6.92. The number of hydrogen-bond acceptors (Lipinski definition) is 1. The molecule has 1 saturated carbocycles. The van der Waals surface area contributed by atoms with E-state index >= 15 is 0 Å². The van der Waals surface area contributed by atoms with Crippen molar-refractivity contribution in [2.24, 2.45) is 5.41 Å². The smallest absolute Gasteiger partial charge is 0.0522 e. The summed E-state index contributed by atoms with van der Waals surface area (Å²) >= 11 is 0. The zero-order valence-electron chi connectivity index (χ0n) is 7.86. The summed E-state index contributed by atoms with van der Waals surface area (Å²) < 4.78 is 5.51. The monoisotopic (exact) mass is 156 g/mol. The molecule has 0 saturated heterocycles. The fourth-order valence-electron chi connectivity index (χ4n) is 2.04. The lowest BCUT2D eigenvalue weighted by atomic mass is 9.84. The van der Waals surface area contributed by atoms with E-state index in [1.807, 2.05) is 0 Å². The topological polar surface area (TPSA) is 9.23 Å². The van der Waals surface area contributed by atoms with E-state index in [0.29, 0.717) is 5.41 Å². The molecule has 0 bridgehead atoms. The second-order valence-corrected chi connectivity index (χ2v) is 3.70. The predicted octanol–water partition coefficient (Wildman–Crippen LogP) is 2.99. The van der Waals surface area contributed by atoms with Crippen molar-refractivity contribution in [2.75, 3.05) is 13.2 Å². The summed E-state index contributed by atoms with van der Waals surface area (Å²) in [7, 11) is 0. The predicted molar refractivity (Wildman–Crippen MR) is 47.7 cm³/mol. The molecule has 1 fully saturated rings. The van der Waals surface area contributed by atoms with E-state index in [1.54, 1.807) is 0 Å². The Morgan fingerprint density at radius 1 is 1.18 bits per heavy atom. The van der Waals surface area contributed by atoms with Crippen molar-refractivity contribution in [3.05, 3.63) is 0 Å². The fraction of sp³-hybridized carbons (Fsp3) is 1.00. The van der Waals surface area contributed by atoms with E-state index in [2.05, 4.69) is 13.8 Å². The Labute approximate surface area is 70.1 Å². The molecule has 1 rings (SSSR count). The third kappa shape index (κ3) is 2.19. The van der Waals surface area contributed by atoms with Gasteiger partial charge in [-0.3, -0.25) is 0 Å². The zero-order valence-corrected chi connectivity index (χ0v) is 7.86. The Balaban J connectivity index is 2.33. The van der Waals surface area contributed by atoms with Gasteiger partial charge in [0, 0.05) is 6.61 Å². The first-order chi connectivity index (χ1) is 5.33. The Morgan fingerprint density at radius 3 is 2.27 bits per heavy atom. The summed E-state index contributed by atoms with van der Waals surface area (Å²) in [4.78, 5) is 0. The van der Waals surface area contributed by atoms with Gasteiger partial charge in [0.25, 0.3) is 0 Å². The van der Waals surface area contributed by atoms with Gasteiger partial charge in [-0.1, -0.05) is 19.8 Å². The lowest BCUT2D eigenvalue weighted by molar-refractivity contribution is 0.0514. The van der Waals surface area contributed by atoms with Crippen molar-refractivity contribution in [3.63, 3.8) is 0 Å². The van der Waals surface area contributed by atoms with Crippen LogP contribution in [0.15, 0.2) is 0 Å². The molecular formula is C10H20O. The maximum atomic E-state index is 5.51. The van der Waals surface area contributed by atoms with Crippen LogP contribution in [-0.4, -0.2) is 13.2 Å². The summed E-state index contributed by atoms with van der Waals surface area (Å²) in [5.74, 6) is 0. The van der Waals surface area contributed by atoms with Gasteiger partial charge in [-0.25, -0.2) is 0 Å². The third-order valence-electron chi connectivity index (χ3n) is 3.03. The van der Waals surface area contributed by atoms with Crippen LogP contribution in [0, 0.1) is 5.41 Å². The fourth-order valence-corrected chi connectivity index (χ4v) is 2.04. The molecule has 0 aromatic carbocycles. The van der Waals surface area contributed by atoms with Crippen molar-refractivity contribution < 1.29 is 4.74 Å².